The van der Waals surface area contributed by atoms with Gasteiger partial charge in [0.1, 0.15) is 6.61 Å². The van der Waals surface area contributed by atoms with E-state index in [1.165, 1.54) is 19.3 Å². The second kappa shape index (κ2) is 8.97. The van der Waals surface area contributed by atoms with E-state index in [9.17, 15) is 4.79 Å². The van der Waals surface area contributed by atoms with Gasteiger partial charge in [0.2, 0.25) is 0 Å². The van der Waals surface area contributed by atoms with Crippen LogP contribution in [0.5, 0.6) is 0 Å². The normalized spacial score (nSPS) is 15.3. The highest BCUT2D eigenvalue weighted by molar-refractivity contribution is 5.94. The number of pyridine rings is 1. The zero-order chi connectivity index (χ0) is 15.6. The van der Waals surface area contributed by atoms with Crippen LogP contribution in [0.4, 0.5) is 0 Å². The van der Waals surface area contributed by atoms with Crippen LogP contribution in [0.3, 0.4) is 0 Å². The molecule has 0 aliphatic heterocycles. The Hall–Kier alpha value is -2.17. The number of hydrogen-bond acceptors (Lipinski definition) is 5. The first kappa shape index (κ1) is 16.2. The Morgan fingerprint density at radius 3 is 2.86 bits per heavy atom. The fourth-order valence-electron chi connectivity index (χ4n) is 2.29. The second-order valence-electron chi connectivity index (χ2n) is 5.17. The average molecular weight is 302 g/mol. The van der Waals surface area contributed by atoms with Crippen molar-refractivity contribution < 1.29 is 14.4 Å². The summed E-state index contributed by atoms with van der Waals surface area (Å²) in [6, 6.07) is 3.69. The van der Waals surface area contributed by atoms with Crippen molar-refractivity contribution in [3.63, 3.8) is 0 Å². The van der Waals surface area contributed by atoms with E-state index in [-0.39, 0.29) is 12.6 Å². The van der Waals surface area contributed by atoms with E-state index < -0.39 is 0 Å². The minimum Gasteiger partial charge on any atom is -0.463 e. The summed E-state index contributed by atoms with van der Waals surface area (Å²) in [5, 5.41) is 4.16. The summed E-state index contributed by atoms with van der Waals surface area (Å²) >= 11 is 0. The lowest BCUT2D eigenvalue weighted by molar-refractivity contribution is -0.139. The molecule has 0 spiro atoms. The second-order valence-corrected chi connectivity index (χ2v) is 5.17. The Bertz CT molecular complexity index is 530. The van der Waals surface area contributed by atoms with E-state index in [0.717, 1.165) is 24.1 Å². The number of esters is 1. The average Bonchev–Trinajstić information content (AvgIpc) is 2.56. The van der Waals surface area contributed by atoms with Gasteiger partial charge in [-0.15, -0.1) is 0 Å². The van der Waals surface area contributed by atoms with E-state index in [0.29, 0.717) is 12.2 Å². The molecule has 1 heterocycles. The lowest BCUT2D eigenvalue weighted by Gasteiger charge is -2.12. The Morgan fingerprint density at radius 2 is 2.18 bits per heavy atom. The van der Waals surface area contributed by atoms with Crippen molar-refractivity contribution in [3.8, 4) is 0 Å². The van der Waals surface area contributed by atoms with Crippen LogP contribution in [0.25, 0.3) is 6.08 Å². The van der Waals surface area contributed by atoms with E-state index in [2.05, 4.69) is 10.1 Å². The molecule has 1 saturated carbocycles. The lowest BCUT2D eigenvalue weighted by Crippen LogP contribution is -2.13. The summed E-state index contributed by atoms with van der Waals surface area (Å²) in [7, 11) is 0. The fraction of sp³-hybridized carbons (Fsp3) is 0.471. The highest BCUT2D eigenvalue weighted by atomic mass is 16.6. The predicted octanol–water partition coefficient (Wildman–Crippen LogP) is 3.36. The predicted molar refractivity (Wildman–Crippen MR) is 85.3 cm³/mol. The molecule has 0 atom stereocenters. The summed E-state index contributed by atoms with van der Waals surface area (Å²) in [5.74, 6) is -0.379. The molecule has 5 heteroatoms. The Morgan fingerprint density at radius 1 is 1.36 bits per heavy atom. The molecule has 1 fully saturated rings. The van der Waals surface area contributed by atoms with Crippen LogP contribution in [0.1, 0.15) is 44.6 Å². The van der Waals surface area contributed by atoms with Gasteiger partial charge in [0.15, 0.2) is 0 Å². The number of aromatic nitrogens is 1. The molecule has 1 aliphatic rings. The first-order valence-electron chi connectivity index (χ1n) is 7.75. The van der Waals surface area contributed by atoms with Crippen LogP contribution in [0, 0.1) is 0 Å². The molecule has 1 aromatic rings. The van der Waals surface area contributed by atoms with Gasteiger partial charge in [0.25, 0.3) is 0 Å². The van der Waals surface area contributed by atoms with Crippen molar-refractivity contribution in [2.75, 3.05) is 13.2 Å². The smallest absolute Gasteiger partial charge is 0.337 e. The molecule has 0 radical (unpaired) electrons. The Kier molecular flexibility index (Phi) is 6.61. The molecular weight excluding hydrogens is 280 g/mol. The van der Waals surface area contributed by atoms with E-state index in [4.69, 9.17) is 9.57 Å². The van der Waals surface area contributed by atoms with Crippen LogP contribution in [0.15, 0.2) is 35.3 Å². The van der Waals surface area contributed by atoms with Crippen molar-refractivity contribution in [3.05, 3.63) is 35.7 Å². The van der Waals surface area contributed by atoms with Gasteiger partial charge in [-0.1, -0.05) is 17.6 Å². The van der Waals surface area contributed by atoms with E-state index >= 15 is 0 Å². The molecular formula is C17H22N2O3. The quantitative estimate of drug-likeness (QED) is 0.459. The highest BCUT2D eigenvalue weighted by Gasteiger charge is 2.13. The number of carbonyl (C=O) groups excluding carboxylic acids is 1. The molecule has 118 valence electrons. The van der Waals surface area contributed by atoms with E-state index in [1.54, 1.807) is 25.4 Å². The summed E-state index contributed by atoms with van der Waals surface area (Å²) in [6.45, 7) is 2.22. The fourth-order valence-corrected chi connectivity index (χ4v) is 2.29. The third-order valence-electron chi connectivity index (χ3n) is 3.41. The SMILES string of the molecule is CCOC(=O)/C(=C/c1cccnc1)CON=C1CCCCC1. The largest absolute Gasteiger partial charge is 0.463 e. The number of carbonyl (C=O) groups is 1. The number of rotatable bonds is 6. The molecule has 5 nitrogen and oxygen atoms in total. The summed E-state index contributed by atoms with van der Waals surface area (Å²) in [4.78, 5) is 21.4. The van der Waals surface area contributed by atoms with Crippen molar-refractivity contribution in [2.45, 2.75) is 39.0 Å². The first-order valence-corrected chi connectivity index (χ1v) is 7.75. The van der Waals surface area contributed by atoms with Gasteiger partial charge in [-0.2, -0.15) is 0 Å². The Labute approximate surface area is 131 Å². The summed E-state index contributed by atoms with van der Waals surface area (Å²) in [5.41, 5.74) is 2.35. The summed E-state index contributed by atoms with van der Waals surface area (Å²) in [6.07, 6.45) is 10.7. The number of ether oxygens (including phenoxy) is 1. The van der Waals surface area contributed by atoms with Crippen LogP contribution < -0.4 is 0 Å². The number of nitrogens with zero attached hydrogens (tertiary/aromatic N) is 2. The topological polar surface area (TPSA) is 60.8 Å². The van der Waals surface area contributed by atoms with Gasteiger partial charge in [-0.3, -0.25) is 4.98 Å². The number of oxime groups is 1. The summed E-state index contributed by atoms with van der Waals surface area (Å²) < 4.78 is 5.06. The minimum atomic E-state index is -0.379. The third-order valence-corrected chi connectivity index (χ3v) is 3.41. The molecule has 1 aliphatic carbocycles. The number of hydrogen-bond donors (Lipinski definition) is 0. The van der Waals surface area contributed by atoms with Crippen molar-refractivity contribution >= 4 is 17.8 Å². The van der Waals surface area contributed by atoms with Crippen molar-refractivity contribution in [1.82, 2.24) is 4.98 Å². The monoisotopic (exact) mass is 302 g/mol. The zero-order valence-corrected chi connectivity index (χ0v) is 13.0. The standard InChI is InChI=1S/C17H22N2O3/c1-2-21-17(20)15(11-14-7-6-10-18-12-14)13-22-19-16-8-4-3-5-9-16/h6-7,10-12H,2-5,8-9,13H2,1H3/b15-11+. The van der Waals surface area contributed by atoms with Gasteiger partial charge in [-0.05, 0) is 50.3 Å². The molecule has 22 heavy (non-hydrogen) atoms. The van der Waals surface area contributed by atoms with Crippen LogP contribution >= 0.6 is 0 Å². The van der Waals surface area contributed by atoms with Gasteiger partial charge in [-0.25, -0.2) is 4.79 Å². The maximum Gasteiger partial charge on any atom is 0.337 e. The maximum absolute atomic E-state index is 12.0. The van der Waals surface area contributed by atoms with E-state index in [1.807, 2.05) is 12.1 Å². The van der Waals surface area contributed by atoms with Gasteiger partial charge < -0.3 is 9.57 Å². The Balaban J connectivity index is 2.01. The zero-order valence-electron chi connectivity index (χ0n) is 13.0. The van der Waals surface area contributed by atoms with Crippen LogP contribution in [0.2, 0.25) is 0 Å². The van der Waals surface area contributed by atoms with Crippen LogP contribution in [-0.4, -0.2) is 29.9 Å². The molecule has 2 rings (SSSR count). The van der Waals surface area contributed by atoms with Crippen molar-refractivity contribution in [1.29, 1.82) is 0 Å². The maximum atomic E-state index is 12.0. The molecule has 0 N–H and O–H groups in total. The third kappa shape index (κ3) is 5.31. The molecule has 0 bridgehead atoms. The van der Waals surface area contributed by atoms with Crippen LogP contribution in [-0.2, 0) is 14.4 Å². The molecule has 1 aromatic heterocycles. The molecule has 0 unspecified atom stereocenters. The highest BCUT2D eigenvalue weighted by Crippen LogP contribution is 2.15. The van der Waals surface area contributed by atoms with Gasteiger partial charge in [0.05, 0.1) is 17.9 Å². The molecule has 0 saturated heterocycles. The first-order chi connectivity index (χ1) is 10.8. The molecule has 0 aromatic carbocycles. The van der Waals surface area contributed by atoms with Gasteiger partial charge in [0, 0.05) is 12.4 Å². The minimum absolute atomic E-state index is 0.108. The van der Waals surface area contributed by atoms with Crippen molar-refractivity contribution in [2.24, 2.45) is 5.16 Å². The lowest BCUT2D eigenvalue weighted by atomic mass is 9.99. The molecule has 0 amide bonds. The van der Waals surface area contributed by atoms with Gasteiger partial charge >= 0.3 is 5.97 Å².